The van der Waals surface area contributed by atoms with Crippen molar-refractivity contribution in [3.8, 4) is 11.3 Å². The van der Waals surface area contributed by atoms with E-state index in [2.05, 4.69) is 4.99 Å². The Morgan fingerprint density at radius 2 is 1.83 bits per heavy atom. The van der Waals surface area contributed by atoms with Gasteiger partial charge in [-0.25, -0.2) is 14.5 Å². The van der Waals surface area contributed by atoms with Gasteiger partial charge in [0.25, 0.3) is 5.91 Å². The Balaban J connectivity index is 1.56. The highest BCUT2D eigenvalue weighted by molar-refractivity contribution is 6.53. The summed E-state index contributed by atoms with van der Waals surface area (Å²) in [6.45, 7) is 1.70. The number of furan rings is 1. The number of aliphatic imine (C=N–C) groups is 1. The van der Waals surface area contributed by atoms with Crippen molar-refractivity contribution in [2.45, 2.75) is 13.3 Å². The summed E-state index contributed by atoms with van der Waals surface area (Å²) in [7, 11) is 0. The van der Waals surface area contributed by atoms with Gasteiger partial charge in [0.1, 0.15) is 17.2 Å². The summed E-state index contributed by atoms with van der Waals surface area (Å²) in [5.74, 6) is -0.641. The Morgan fingerprint density at radius 3 is 2.53 bits per heavy atom. The number of nitrogens with zero attached hydrogens (tertiary/aromatic N) is 2. The Kier molecular flexibility index (Phi) is 4.97. The first-order chi connectivity index (χ1) is 14.3. The van der Waals surface area contributed by atoms with Crippen molar-refractivity contribution in [1.82, 2.24) is 0 Å². The molecule has 1 aromatic heterocycles. The summed E-state index contributed by atoms with van der Waals surface area (Å²) in [6.07, 6.45) is 0.0341. The molecule has 3 amide bonds. The quantitative estimate of drug-likeness (QED) is 0.639. The van der Waals surface area contributed by atoms with Crippen LogP contribution in [0.3, 0.4) is 0 Å². The van der Waals surface area contributed by atoms with Gasteiger partial charge in [-0.2, -0.15) is 4.99 Å². The minimum absolute atomic E-state index is 0.0341. The monoisotopic (exact) mass is 422 g/mol. The summed E-state index contributed by atoms with van der Waals surface area (Å²) < 4.78 is 5.81. The number of anilines is 1. The Bertz CT molecular complexity index is 1210. The van der Waals surface area contributed by atoms with Crippen LogP contribution in [0.1, 0.15) is 21.7 Å². The Labute approximate surface area is 176 Å². The average molecular weight is 423 g/mol. The fourth-order valence-electron chi connectivity index (χ4n) is 3.28. The van der Waals surface area contributed by atoms with Crippen molar-refractivity contribution in [3.63, 3.8) is 0 Å². The number of hydrogen-bond donors (Lipinski definition) is 1. The molecule has 7 nitrogen and oxygen atoms in total. The molecule has 0 atom stereocenters. The third kappa shape index (κ3) is 3.51. The van der Waals surface area contributed by atoms with Gasteiger partial charge in [-0.3, -0.25) is 4.79 Å². The van der Waals surface area contributed by atoms with Gasteiger partial charge in [0.05, 0.1) is 17.7 Å². The van der Waals surface area contributed by atoms with Crippen molar-refractivity contribution < 1.29 is 23.9 Å². The molecule has 2 heterocycles. The zero-order valence-electron chi connectivity index (χ0n) is 15.8. The van der Waals surface area contributed by atoms with Gasteiger partial charge in [-0.1, -0.05) is 23.7 Å². The van der Waals surface area contributed by atoms with E-state index >= 15 is 0 Å². The van der Waals surface area contributed by atoms with E-state index in [1.807, 2.05) is 0 Å². The van der Waals surface area contributed by atoms with Gasteiger partial charge in [0.2, 0.25) is 0 Å². The molecule has 30 heavy (non-hydrogen) atoms. The fourth-order valence-corrected chi connectivity index (χ4v) is 3.41. The van der Waals surface area contributed by atoms with Crippen LogP contribution in [-0.2, 0) is 11.2 Å². The largest absolute Gasteiger partial charge is 0.478 e. The van der Waals surface area contributed by atoms with E-state index in [0.29, 0.717) is 33.4 Å². The zero-order chi connectivity index (χ0) is 21.4. The molecule has 4 rings (SSSR count). The van der Waals surface area contributed by atoms with E-state index in [1.54, 1.807) is 55.5 Å². The van der Waals surface area contributed by atoms with Gasteiger partial charge in [-0.05, 0) is 55.0 Å². The number of aromatic carboxylic acids is 1. The van der Waals surface area contributed by atoms with Crippen molar-refractivity contribution >= 4 is 40.9 Å². The number of amides is 3. The molecule has 0 spiro atoms. The molecule has 2 aromatic carbocycles. The molecule has 3 aromatic rings. The first kappa shape index (κ1) is 19.6. The fraction of sp³-hybridized carbons (Fsp3) is 0.0909. The second-order valence-corrected chi connectivity index (χ2v) is 7.12. The van der Waals surface area contributed by atoms with Gasteiger partial charge in [-0.15, -0.1) is 0 Å². The van der Waals surface area contributed by atoms with Crippen molar-refractivity contribution in [2.24, 2.45) is 4.99 Å². The second-order valence-electron chi connectivity index (χ2n) is 6.68. The van der Waals surface area contributed by atoms with E-state index in [-0.39, 0.29) is 17.7 Å². The molecule has 1 aliphatic heterocycles. The van der Waals surface area contributed by atoms with Crippen molar-refractivity contribution in [3.05, 3.63) is 76.5 Å². The molecule has 0 saturated heterocycles. The standard InChI is InChI=1S/C22H15ClN2O5/c1-12-16(3-2-4-17(12)21(27)28)19-10-9-15(30-19)11-18-20(26)25(22(29)24-18)14-7-5-13(23)6-8-14/h2-10H,11H2,1H3,(H,27,28). The molecule has 0 radical (unpaired) electrons. The van der Waals surface area contributed by atoms with Crippen LogP contribution < -0.4 is 4.90 Å². The number of carboxylic acid groups (broad SMARTS) is 1. The van der Waals surface area contributed by atoms with Gasteiger partial charge < -0.3 is 9.52 Å². The minimum atomic E-state index is -1.02. The van der Waals surface area contributed by atoms with E-state index in [1.165, 1.54) is 6.07 Å². The van der Waals surface area contributed by atoms with Crippen LogP contribution in [0.15, 0.2) is 64.0 Å². The van der Waals surface area contributed by atoms with Crippen LogP contribution in [0.4, 0.5) is 10.5 Å². The van der Waals surface area contributed by atoms with Crippen LogP contribution in [0.2, 0.25) is 5.02 Å². The number of carbonyl (C=O) groups is 3. The minimum Gasteiger partial charge on any atom is -0.478 e. The molecule has 150 valence electrons. The topological polar surface area (TPSA) is 100 Å². The molecule has 0 fully saturated rings. The SMILES string of the molecule is Cc1c(C(=O)O)cccc1-c1ccc(CC2=NC(=O)N(c3ccc(Cl)cc3)C2=O)o1. The number of urea groups is 1. The van der Waals surface area contributed by atoms with E-state index < -0.39 is 17.9 Å². The Morgan fingerprint density at radius 1 is 1.10 bits per heavy atom. The third-order valence-corrected chi connectivity index (χ3v) is 5.04. The molecule has 8 heteroatoms. The van der Waals surface area contributed by atoms with Crippen molar-refractivity contribution in [2.75, 3.05) is 4.90 Å². The van der Waals surface area contributed by atoms with E-state index in [0.717, 1.165) is 4.90 Å². The molecular weight excluding hydrogens is 408 g/mol. The lowest BCUT2D eigenvalue weighted by Crippen LogP contribution is -2.33. The van der Waals surface area contributed by atoms with Gasteiger partial charge >= 0.3 is 12.0 Å². The van der Waals surface area contributed by atoms with Crippen LogP contribution in [0.25, 0.3) is 11.3 Å². The molecule has 0 bridgehead atoms. The molecule has 0 unspecified atom stereocenters. The van der Waals surface area contributed by atoms with Crippen LogP contribution in [0, 0.1) is 6.92 Å². The van der Waals surface area contributed by atoms with E-state index in [9.17, 15) is 19.5 Å². The molecule has 0 aliphatic carbocycles. The first-order valence-electron chi connectivity index (χ1n) is 8.98. The third-order valence-electron chi connectivity index (χ3n) is 4.79. The molecular formula is C22H15ClN2O5. The predicted octanol–water partition coefficient (Wildman–Crippen LogP) is 4.76. The maximum Gasteiger partial charge on any atom is 0.355 e. The van der Waals surface area contributed by atoms with Crippen LogP contribution >= 0.6 is 11.6 Å². The number of benzene rings is 2. The molecule has 0 saturated carbocycles. The lowest BCUT2D eigenvalue weighted by Gasteiger charge is -2.12. The number of halogens is 1. The van der Waals surface area contributed by atoms with Gasteiger partial charge in [0, 0.05) is 10.6 Å². The average Bonchev–Trinajstić information content (AvgIpc) is 3.27. The lowest BCUT2D eigenvalue weighted by molar-refractivity contribution is -0.111. The normalized spacial score (nSPS) is 13.7. The highest BCUT2D eigenvalue weighted by atomic mass is 35.5. The number of hydrogen-bond acceptors (Lipinski definition) is 4. The number of carbonyl (C=O) groups excluding carboxylic acids is 2. The summed E-state index contributed by atoms with van der Waals surface area (Å²) >= 11 is 5.86. The predicted molar refractivity (Wildman–Crippen MR) is 111 cm³/mol. The van der Waals surface area contributed by atoms with Crippen LogP contribution in [-0.4, -0.2) is 28.7 Å². The zero-order valence-corrected chi connectivity index (χ0v) is 16.5. The summed E-state index contributed by atoms with van der Waals surface area (Å²) in [4.78, 5) is 41.1. The first-order valence-corrected chi connectivity index (χ1v) is 9.36. The van der Waals surface area contributed by atoms with E-state index in [4.69, 9.17) is 16.0 Å². The van der Waals surface area contributed by atoms with Gasteiger partial charge in [0.15, 0.2) is 0 Å². The highest BCUT2D eigenvalue weighted by Gasteiger charge is 2.34. The number of imide groups is 1. The molecule has 1 N–H and O–H groups in total. The number of rotatable bonds is 5. The summed E-state index contributed by atoms with van der Waals surface area (Å²) in [5.41, 5.74) is 1.84. The second kappa shape index (κ2) is 7.61. The summed E-state index contributed by atoms with van der Waals surface area (Å²) in [6, 6.07) is 13.9. The smallest absolute Gasteiger partial charge is 0.355 e. The van der Waals surface area contributed by atoms with Crippen LogP contribution in [0.5, 0.6) is 0 Å². The maximum atomic E-state index is 12.7. The maximum absolute atomic E-state index is 12.7. The summed E-state index contributed by atoms with van der Waals surface area (Å²) in [5, 5.41) is 9.78. The molecule has 1 aliphatic rings. The highest BCUT2D eigenvalue weighted by Crippen LogP contribution is 2.29. The number of carboxylic acids is 1. The van der Waals surface area contributed by atoms with Crippen molar-refractivity contribution in [1.29, 1.82) is 0 Å². The Hall–Kier alpha value is -3.71. The lowest BCUT2D eigenvalue weighted by atomic mass is 10.0.